The zero-order valence-corrected chi connectivity index (χ0v) is 12.5. The SMILES string of the molecule is CCC(Nc1cc(C)ccc1Cl)c1ccc(C)cc1. The third-order valence-electron chi connectivity index (χ3n) is 3.34. The van der Waals surface area contributed by atoms with Crippen molar-refractivity contribution in [3.63, 3.8) is 0 Å². The fraction of sp³-hybridized carbons (Fsp3) is 0.294. The number of hydrogen-bond acceptors (Lipinski definition) is 1. The number of aryl methyl sites for hydroxylation is 2. The molecule has 0 amide bonds. The number of rotatable bonds is 4. The third-order valence-corrected chi connectivity index (χ3v) is 3.67. The van der Waals surface area contributed by atoms with Gasteiger partial charge in [-0.25, -0.2) is 0 Å². The Balaban J connectivity index is 2.23. The summed E-state index contributed by atoms with van der Waals surface area (Å²) in [6.07, 6.45) is 1.02. The minimum Gasteiger partial charge on any atom is -0.377 e. The predicted molar refractivity (Wildman–Crippen MR) is 84.0 cm³/mol. The topological polar surface area (TPSA) is 12.0 Å². The van der Waals surface area contributed by atoms with Gasteiger partial charge in [0.1, 0.15) is 0 Å². The molecule has 0 aliphatic heterocycles. The molecule has 2 aromatic rings. The molecule has 0 radical (unpaired) electrons. The monoisotopic (exact) mass is 273 g/mol. The van der Waals surface area contributed by atoms with Crippen LogP contribution in [0.2, 0.25) is 5.02 Å². The maximum absolute atomic E-state index is 6.25. The lowest BCUT2D eigenvalue weighted by molar-refractivity contribution is 0.749. The zero-order valence-electron chi connectivity index (χ0n) is 11.7. The number of benzene rings is 2. The van der Waals surface area contributed by atoms with Crippen molar-refractivity contribution in [1.29, 1.82) is 0 Å². The van der Waals surface area contributed by atoms with E-state index in [4.69, 9.17) is 11.6 Å². The maximum Gasteiger partial charge on any atom is 0.0637 e. The van der Waals surface area contributed by atoms with Crippen molar-refractivity contribution >= 4 is 17.3 Å². The van der Waals surface area contributed by atoms with Crippen molar-refractivity contribution in [1.82, 2.24) is 0 Å². The summed E-state index contributed by atoms with van der Waals surface area (Å²) >= 11 is 6.25. The quantitative estimate of drug-likeness (QED) is 0.773. The van der Waals surface area contributed by atoms with Gasteiger partial charge in [0.15, 0.2) is 0 Å². The summed E-state index contributed by atoms with van der Waals surface area (Å²) in [4.78, 5) is 0. The van der Waals surface area contributed by atoms with Crippen LogP contribution in [0.25, 0.3) is 0 Å². The maximum atomic E-state index is 6.25. The van der Waals surface area contributed by atoms with Crippen LogP contribution >= 0.6 is 11.6 Å². The second-order valence-electron chi connectivity index (χ2n) is 5.00. The van der Waals surface area contributed by atoms with Gasteiger partial charge in [0.25, 0.3) is 0 Å². The number of halogens is 1. The molecule has 1 unspecified atom stereocenters. The summed E-state index contributed by atoms with van der Waals surface area (Å²) in [5.41, 5.74) is 4.80. The van der Waals surface area contributed by atoms with Crippen molar-refractivity contribution < 1.29 is 0 Å². The van der Waals surface area contributed by atoms with Crippen LogP contribution in [0.4, 0.5) is 5.69 Å². The summed E-state index contributed by atoms with van der Waals surface area (Å²) in [6, 6.07) is 15.0. The summed E-state index contributed by atoms with van der Waals surface area (Å²) in [5.74, 6) is 0. The van der Waals surface area contributed by atoms with Gasteiger partial charge in [-0.05, 0) is 43.5 Å². The molecule has 19 heavy (non-hydrogen) atoms. The van der Waals surface area contributed by atoms with Gasteiger partial charge in [-0.3, -0.25) is 0 Å². The van der Waals surface area contributed by atoms with E-state index < -0.39 is 0 Å². The Morgan fingerprint density at radius 3 is 2.26 bits per heavy atom. The molecular formula is C17H20ClN. The Morgan fingerprint density at radius 1 is 1.00 bits per heavy atom. The van der Waals surface area contributed by atoms with Crippen LogP contribution < -0.4 is 5.32 Å². The van der Waals surface area contributed by atoms with Gasteiger partial charge in [-0.1, -0.05) is 54.4 Å². The van der Waals surface area contributed by atoms with Crippen LogP contribution in [0.1, 0.15) is 36.1 Å². The van der Waals surface area contributed by atoms with E-state index in [1.807, 2.05) is 12.1 Å². The van der Waals surface area contributed by atoms with Crippen molar-refractivity contribution in [2.45, 2.75) is 33.2 Å². The second-order valence-corrected chi connectivity index (χ2v) is 5.41. The molecule has 2 heteroatoms. The van der Waals surface area contributed by atoms with Crippen molar-refractivity contribution in [3.8, 4) is 0 Å². The molecule has 0 bridgehead atoms. The molecule has 0 aromatic heterocycles. The fourth-order valence-corrected chi connectivity index (χ4v) is 2.33. The van der Waals surface area contributed by atoms with Gasteiger partial charge in [0, 0.05) is 0 Å². The average Bonchev–Trinajstić information content (AvgIpc) is 2.41. The average molecular weight is 274 g/mol. The first-order valence-corrected chi connectivity index (χ1v) is 7.07. The highest BCUT2D eigenvalue weighted by molar-refractivity contribution is 6.33. The number of nitrogens with one attached hydrogen (secondary N) is 1. The van der Waals surface area contributed by atoms with E-state index >= 15 is 0 Å². The summed E-state index contributed by atoms with van der Waals surface area (Å²) in [5, 5.41) is 4.32. The standard InChI is InChI=1S/C17H20ClN/c1-4-16(14-8-5-12(2)6-9-14)19-17-11-13(3)7-10-15(17)18/h5-11,16,19H,4H2,1-3H3. The van der Waals surface area contributed by atoms with Crippen molar-refractivity contribution in [3.05, 3.63) is 64.2 Å². The van der Waals surface area contributed by atoms with Gasteiger partial charge >= 0.3 is 0 Å². The van der Waals surface area contributed by atoms with E-state index in [9.17, 15) is 0 Å². The molecule has 0 aliphatic carbocycles. The van der Waals surface area contributed by atoms with Gasteiger partial charge in [0.05, 0.1) is 16.8 Å². The van der Waals surface area contributed by atoms with Crippen LogP contribution in [0.5, 0.6) is 0 Å². The van der Waals surface area contributed by atoms with E-state index in [2.05, 4.69) is 56.4 Å². The van der Waals surface area contributed by atoms with Gasteiger partial charge < -0.3 is 5.32 Å². The molecule has 0 aliphatic rings. The molecule has 0 spiro atoms. The molecule has 1 nitrogen and oxygen atoms in total. The van der Waals surface area contributed by atoms with Crippen LogP contribution in [0, 0.1) is 13.8 Å². The van der Waals surface area contributed by atoms with Crippen LogP contribution in [-0.4, -0.2) is 0 Å². The first-order valence-electron chi connectivity index (χ1n) is 6.69. The minimum atomic E-state index is 0.292. The van der Waals surface area contributed by atoms with E-state index in [1.54, 1.807) is 0 Å². The van der Waals surface area contributed by atoms with Gasteiger partial charge in [-0.2, -0.15) is 0 Å². The number of hydrogen-bond donors (Lipinski definition) is 1. The highest BCUT2D eigenvalue weighted by atomic mass is 35.5. The molecule has 2 rings (SSSR count). The normalized spacial score (nSPS) is 12.2. The molecule has 0 fully saturated rings. The summed E-state index contributed by atoms with van der Waals surface area (Å²) in [6.45, 7) is 6.37. The molecule has 1 atom stereocenters. The Labute approximate surface area is 120 Å². The summed E-state index contributed by atoms with van der Waals surface area (Å²) < 4.78 is 0. The van der Waals surface area contributed by atoms with E-state index in [-0.39, 0.29) is 0 Å². The first kappa shape index (κ1) is 14.0. The summed E-state index contributed by atoms with van der Waals surface area (Å²) in [7, 11) is 0. The third kappa shape index (κ3) is 3.51. The van der Waals surface area contributed by atoms with E-state index in [0.29, 0.717) is 6.04 Å². The second kappa shape index (κ2) is 6.12. The smallest absolute Gasteiger partial charge is 0.0637 e. The molecule has 0 heterocycles. The Morgan fingerprint density at radius 2 is 1.63 bits per heavy atom. The van der Waals surface area contributed by atoms with Crippen molar-refractivity contribution in [2.75, 3.05) is 5.32 Å². The Kier molecular flexibility index (Phi) is 4.49. The predicted octanol–water partition coefficient (Wildman–Crippen LogP) is 5.52. The number of anilines is 1. The Hall–Kier alpha value is -1.47. The van der Waals surface area contributed by atoms with Gasteiger partial charge in [-0.15, -0.1) is 0 Å². The Bertz CT molecular complexity index is 546. The zero-order chi connectivity index (χ0) is 13.8. The van der Waals surface area contributed by atoms with Crippen LogP contribution in [0.15, 0.2) is 42.5 Å². The molecule has 2 aromatic carbocycles. The lowest BCUT2D eigenvalue weighted by Crippen LogP contribution is -2.10. The highest BCUT2D eigenvalue weighted by Crippen LogP contribution is 2.28. The highest BCUT2D eigenvalue weighted by Gasteiger charge is 2.10. The molecule has 1 N–H and O–H groups in total. The van der Waals surface area contributed by atoms with Gasteiger partial charge in [0.2, 0.25) is 0 Å². The van der Waals surface area contributed by atoms with E-state index in [1.165, 1.54) is 16.7 Å². The molecule has 0 saturated carbocycles. The molecular weight excluding hydrogens is 254 g/mol. The first-order chi connectivity index (χ1) is 9.10. The lowest BCUT2D eigenvalue weighted by Gasteiger charge is -2.20. The van der Waals surface area contributed by atoms with E-state index in [0.717, 1.165) is 17.1 Å². The van der Waals surface area contributed by atoms with Crippen molar-refractivity contribution in [2.24, 2.45) is 0 Å². The van der Waals surface area contributed by atoms with Crippen LogP contribution in [-0.2, 0) is 0 Å². The minimum absolute atomic E-state index is 0.292. The molecule has 0 saturated heterocycles. The van der Waals surface area contributed by atoms with Crippen LogP contribution in [0.3, 0.4) is 0 Å². The fourth-order valence-electron chi connectivity index (χ4n) is 2.16. The molecule has 100 valence electrons. The largest absolute Gasteiger partial charge is 0.377 e. The lowest BCUT2D eigenvalue weighted by atomic mass is 10.0.